The molecule has 0 saturated carbocycles. The van der Waals surface area contributed by atoms with E-state index in [0.717, 1.165) is 24.3 Å². The van der Waals surface area contributed by atoms with Crippen LogP contribution in [0, 0.1) is 0 Å². The Hall–Kier alpha value is -3.53. The zero-order chi connectivity index (χ0) is 22.4. The van der Waals surface area contributed by atoms with Crippen molar-refractivity contribution in [2.24, 2.45) is 0 Å². The molecule has 1 amide bonds. The van der Waals surface area contributed by atoms with E-state index in [0.29, 0.717) is 16.7 Å². The van der Waals surface area contributed by atoms with E-state index >= 15 is 0 Å². The molecule has 0 aliphatic rings. The van der Waals surface area contributed by atoms with Gasteiger partial charge in [-0.1, -0.05) is 0 Å². The number of hydrogen-bond acceptors (Lipinski definition) is 6. The molecule has 0 aliphatic carbocycles. The third kappa shape index (κ3) is 6.48. The van der Waals surface area contributed by atoms with E-state index in [1.165, 1.54) is 12.1 Å². The second kappa shape index (κ2) is 9.52. The predicted octanol–water partition coefficient (Wildman–Crippen LogP) is 2.75. The van der Waals surface area contributed by atoms with E-state index in [4.69, 9.17) is 13.9 Å². The van der Waals surface area contributed by atoms with Gasteiger partial charge in [0.1, 0.15) is 29.8 Å². The maximum Gasteiger partial charge on any atom is 0.416 e. The molecule has 1 heterocycles. The highest BCUT2D eigenvalue weighted by atomic mass is 19.4. The average Bonchev–Trinajstić information content (AvgIpc) is 2.74. The third-order valence-corrected chi connectivity index (χ3v) is 4.12. The molecule has 1 aromatic heterocycles. The monoisotopic (exact) mass is 437 g/mol. The second-order valence-electron chi connectivity index (χ2n) is 6.53. The van der Waals surface area contributed by atoms with Crippen molar-refractivity contribution in [2.75, 3.05) is 19.8 Å². The minimum absolute atomic E-state index is 0.143. The largest absolute Gasteiger partial charge is 0.491 e. The summed E-state index contributed by atoms with van der Waals surface area (Å²) in [6, 6.07) is 11.7. The van der Waals surface area contributed by atoms with Crippen molar-refractivity contribution >= 4 is 16.9 Å². The molecule has 0 spiro atoms. The molecule has 3 aromatic rings. The molecule has 0 saturated heterocycles. The molecule has 0 aliphatic heterocycles. The number of alkyl halides is 3. The summed E-state index contributed by atoms with van der Waals surface area (Å²) in [4.78, 5) is 23.1. The molecule has 2 aromatic carbocycles. The molecule has 0 radical (unpaired) electrons. The number of ether oxygens (including phenoxy) is 2. The van der Waals surface area contributed by atoms with Crippen LogP contribution in [0.1, 0.15) is 5.56 Å². The standard InChI is InChI=1S/C21H18F3NO6/c22-21(23,24)14-3-6-16(7-4-14)29-11-15(26)10-25-19(27)12-30-17-5-1-13-2-8-20(28)31-18(13)9-17/h1-9,15,26H,10-12H2,(H,25,27). The molecule has 0 bridgehead atoms. The Morgan fingerprint density at radius 3 is 2.42 bits per heavy atom. The van der Waals surface area contributed by atoms with Crippen LogP contribution >= 0.6 is 0 Å². The molecule has 1 unspecified atom stereocenters. The highest BCUT2D eigenvalue weighted by molar-refractivity contribution is 5.79. The Kier molecular flexibility index (Phi) is 6.81. The molecule has 2 N–H and O–H groups in total. The van der Waals surface area contributed by atoms with Crippen molar-refractivity contribution in [3.63, 3.8) is 0 Å². The number of rotatable bonds is 8. The van der Waals surface area contributed by atoms with Crippen LogP contribution in [-0.4, -0.2) is 36.9 Å². The Bertz CT molecular complexity index is 1090. The van der Waals surface area contributed by atoms with Gasteiger partial charge in [0.25, 0.3) is 5.91 Å². The number of fused-ring (bicyclic) bond motifs is 1. The maximum absolute atomic E-state index is 12.5. The lowest BCUT2D eigenvalue weighted by Gasteiger charge is -2.14. The zero-order valence-corrected chi connectivity index (χ0v) is 16.0. The van der Waals surface area contributed by atoms with Crippen LogP contribution in [0.3, 0.4) is 0 Å². The van der Waals surface area contributed by atoms with Crippen LogP contribution < -0.4 is 20.4 Å². The van der Waals surface area contributed by atoms with Gasteiger partial charge in [-0.15, -0.1) is 0 Å². The number of halogens is 3. The van der Waals surface area contributed by atoms with E-state index in [-0.39, 0.29) is 25.5 Å². The van der Waals surface area contributed by atoms with Gasteiger partial charge in [0, 0.05) is 24.1 Å². The van der Waals surface area contributed by atoms with E-state index in [9.17, 15) is 27.9 Å². The summed E-state index contributed by atoms with van der Waals surface area (Å²) in [6.07, 6.45) is -5.52. The van der Waals surface area contributed by atoms with Crippen molar-refractivity contribution in [2.45, 2.75) is 12.3 Å². The van der Waals surface area contributed by atoms with Crippen molar-refractivity contribution < 1.29 is 37.0 Å². The molecule has 7 nitrogen and oxygen atoms in total. The summed E-state index contributed by atoms with van der Waals surface area (Å²) in [5, 5.41) is 13.0. The van der Waals surface area contributed by atoms with E-state index in [2.05, 4.69) is 5.32 Å². The summed E-state index contributed by atoms with van der Waals surface area (Å²) in [5.74, 6) is -0.0314. The molecule has 10 heteroatoms. The number of nitrogens with one attached hydrogen (secondary N) is 1. The summed E-state index contributed by atoms with van der Waals surface area (Å²) in [7, 11) is 0. The second-order valence-corrected chi connectivity index (χ2v) is 6.53. The molecular weight excluding hydrogens is 419 g/mol. The minimum Gasteiger partial charge on any atom is -0.491 e. The number of aliphatic hydroxyl groups excluding tert-OH is 1. The molecule has 164 valence electrons. The van der Waals surface area contributed by atoms with E-state index in [1.54, 1.807) is 18.2 Å². The van der Waals surface area contributed by atoms with Crippen molar-refractivity contribution in [1.29, 1.82) is 0 Å². The summed E-state index contributed by atoms with van der Waals surface area (Å²) >= 11 is 0. The number of benzene rings is 2. The van der Waals surface area contributed by atoms with Gasteiger partial charge >= 0.3 is 11.8 Å². The molecule has 0 fully saturated rings. The van der Waals surface area contributed by atoms with Gasteiger partial charge in [-0.25, -0.2) is 4.79 Å². The molecule has 1 atom stereocenters. The number of hydrogen-bond donors (Lipinski definition) is 2. The fraction of sp³-hybridized carbons (Fsp3) is 0.238. The minimum atomic E-state index is -4.44. The topological polar surface area (TPSA) is 98.0 Å². The van der Waals surface area contributed by atoms with Crippen LogP contribution in [-0.2, 0) is 11.0 Å². The van der Waals surface area contributed by atoms with Crippen LogP contribution in [0.25, 0.3) is 11.0 Å². The third-order valence-electron chi connectivity index (χ3n) is 4.12. The van der Waals surface area contributed by atoms with Crippen molar-refractivity contribution in [3.8, 4) is 11.5 Å². The van der Waals surface area contributed by atoms with Crippen molar-refractivity contribution in [1.82, 2.24) is 5.32 Å². The highest BCUT2D eigenvalue weighted by Gasteiger charge is 2.30. The van der Waals surface area contributed by atoms with Crippen molar-refractivity contribution in [3.05, 3.63) is 70.6 Å². The Morgan fingerprint density at radius 2 is 1.71 bits per heavy atom. The fourth-order valence-corrected chi connectivity index (χ4v) is 2.55. The van der Waals surface area contributed by atoms with Gasteiger partial charge < -0.3 is 24.3 Å². The fourth-order valence-electron chi connectivity index (χ4n) is 2.55. The SMILES string of the molecule is O=C(COc1ccc2ccc(=O)oc2c1)NCC(O)COc1ccc(C(F)(F)F)cc1. The van der Waals surface area contributed by atoms with Gasteiger partial charge in [0.2, 0.25) is 0 Å². The van der Waals surface area contributed by atoms with E-state index < -0.39 is 29.4 Å². The number of amides is 1. The lowest BCUT2D eigenvalue weighted by atomic mass is 10.2. The first-order chi connectivity index (χ1) is 14.7. The van der Waals surface area contributed by atoms with Crippen LogP contribution in [0.15, 0.2) is 63.8 Å². The number of carbonyl (C=O) groups is 1. The number of carbonyl (C=O) groups excluding carboxylic acids is 1. The number of aliphatic hydroxyl groups is 1. The quantitative estimate of drug-likeness (QED) is 0.526. The van der Waals surface area contributed by atoms with Crippen LogP contribution in [0.2, 0.25) is 0 Å². The maximum atomic E-state index is 12.5. The smallest absolute Gasteiger partial charge is 0.416 e. The normalized spacial score (nSPS) is 12.4. The molecule has 3 rings (SSSR count). The highest BCUT2D eigenvalue weighted by Crippen LogP contribution is 2.30. The lowest BCUT2D eigenvalue weighted by molar-refractivity contribution is -0.137. The summed E-state index contributed by atoms with van der Waals surface area (Å²) in [5.41, 5.74) is -0.989. The first-order valence-corrected chi connectivity index (χ1v) is 9.12. The summed E-state index contributed by atoms with van der Waals surface area (Å²) < 4.78 is 53.1. The van der Waals surface area contributed by atoms with Gasteiger partial charge in [0.05, 0.1) is 5.56 Å². The molecule has 31 heavy (non-hydrogen) atoms. The van der Waals surface area contributed by atoms with Gasteiger partial charge in [0.15, 0.2) is 6.61 Å². The van der Waals surface area contributed by atoms with Gasteiger partial charge in [-0.3, -0.25) is 4.79 Å². The molecular formula is C21H18F3NO6. The van der Waals surface area contributed by atoms with E-state index in [1.807, 2.05) is 0 Å². The Morgan fingerprint density at radius 1 is 1.03 bits per heavy atom. The first kappa shape index (κ1) is 22.2. The summed E-state index contributed by atoms with van der Waals surface area (Å²) in [6.45, 7) is -0.708. The first-order valence-electron chi connectivity index (χ1n) is 9.12. The van der Waals surface area contributed by atoms with Crippen LogP contribution in [0.5, 0.6) is 11.5 Å². The Balaban J connectivity index is 1.40. The van der Waals surface area contributed by atoms with Gasteiger partial charge in [-0.05, 0) is 42.5 Å². The average molecular weight is 437 g/mol. The van der Waals surface area contributed by atoms with Crippen LogP contribution in [0.4, 0.5) is 13.2 Å². The Labute approximate surface area is 174 Å². The predicted molar refractivity (Wildman–Crippen MR) is 104 cm³/mol. The zero-order valence-electron chi connectivity index (χ0n) is 16.0. The lowest BCUT2D eigenvalue weighted by Crippen LogP contribution is -2.37. The van der Waals surface area contributed by atoms with Gasteiger partial charge in [-0.2, -0.15) is 13.2 Å².